The second-order valence-corrected chi connectivity index (χ2v) is 4.86. The fraction of sp³-hybridized carbons (Fsp3) is 0.875. The van der Waals surface area contributed by atoms with Crippen LogP contribution in [0.15, 0.2) is 0 Å². The Morgan fingerprint density at radius 1 is 0.875 bits per heavy atom. The van der Waals surface area contributed by atoms with Crippen LogP contribution in [0, 0.1) is 29.6 Å². The first-order chi connectivity index (χ1) is 7.73. The first-order valence-electron chi connectivity index (χ1n) is 7.15. The largest absolute Gasteiger partial charge is 0.106 e. The molecule has 16 heavy (non-hydrogen) atoms. The van der Waals surface area contributed by atoms with Crippen molar-refractivity contribution in [2.75, 3.05) is 0 Å². The van der Waals surface area contributed by atoms with Gasteiger partial charge in [-0.3, -0.25) is 0 Å². The van der Waals surface area contributed by atoms with Crippen molar-refractivity contribution in [1.29, 1.82) is 0 Å². The highest BCUT2D eigenvalue weighted by Gasteiger charge is 2.19. The summed E-state index contributed by atoms with van der Waals surface area (Å²) in [6, 6.07) is 0. The van der Waals surface area contributed by atoms with Gasteiger partial charge in [0.2, 0.25) is 0 Å². The summed E-state index contributed by atoms with van der Waals surface area (Å²) < 4.78 is 0. The monoisotopic (exact) mass is 222 g/mol. The van der Waals surface area contributed by atoms with Gasteiger partial charge in [0.15, 0.2) is 0 Å². The summed E-state index contributed by atoms with van der Waals surface area (Å²) in [4.78, 5) is 0. The van der Waals surface area contributed by atoms with Crippen LogP contribution in [0.5, 0.6) is 0 Å². The van der Waals surface area contributed by atoms with E-state index in [4.69, 9.17) is 0 Å². The first kappa shape index (κ1) is 15.6. The first-order valence-corrected chi connectivity index (χ1v) is 7.15. The molecular weight excluding hydrogens is 192 g/mol. The molecule has 0 heteroatoms. The molecule has 0 bridgehead atoms. The third-order valence-corrected chi connectivity index (χ3v) is 3.81. The maximum Gasteiger partial charge on any atom is 0.0205 e. The number of hydrogen-bond acceptors (Lipinski definition) is 0. The summed E-state index contributed by atoms with van der Waals surface area (Å²) in [5.41, 5.74) is 0. The van der Waals surface area contributed by atoms with E-state index >= 15 is 0 Å². The summed E-state index contributed by atoms with van der Waals surface area (Å²) in [6.07, 6.45) is 7.83. The lowest BCUT2D eigenvalue weighted by Gasteiger charge is -2.26. The van der Waals surface area contributed by atoms with Crippen LogP contribution in [0.3, 0.4) is 0 Å². The van der Waals surface area contributed by atoms with Gasteiger partial charge in [0.05, 0.1) is 0 Å². The molecular formula is C16H30. The van der Waals surface area contributed by atoms with Gasteiger partial charge in [0, 0.05) is 5.92 Å². The van der Waals surface area contributed by atoms with Crippen molar-refractivity contribution >= 4 is 0 Å². The third kappa shape index (κ3) is 5.59. The summed E-state index contributed by atoms with van der Waals surface area (Å²) >= 11 is 0. The zero-order valence-corrected chi connectivity index (χ0v) is 12.0. The lowest BCUT2D eigenvalue weighted by Crippen LogP contribution is -2.16. The fourth-order valence-corrected chi connectivity index (χ4v) is 2.81. The molecule has 0 nitrogen and oxygen atoms in total. The summed E-state index contributed by atoms with van der Waals surface area (Å²) in [5, 5.41) is 0. The van der Waals surface area contributed by atoms with Crippen LogP contribution < -0.4 is 0 Å². The fourth-order valence-electron chi connectivity index (χ4n) is 2.81. The van der Waals surface area contributed by atoms with Crippen LogP contribution in [0.2, 0.25) is 0 Å². The van der Waals surface area contributed by atoms with Crippen LogP contribution in [-0.2, 0) is 0 Å². The minimum atomic E-state index is 0.639. The van der Waals surface area contributed by atoms with Gasteiger partial charge in [-0.05, 0) is 31.6 Å². The van der Waals surface area contributed by atoms with E-state index in [2.05, 4.69) is 39.5 Å². The highest BCUT2D eigenvalue weighted by molar-refractivity contribution is 5.01. The zero-order valence-electron chi connectivity index (χ0n) is 12.0. The van der Waals surface area contributed by atoms with Gasteiger partial charge in [-0.15, -0.1) is 11.8 Å². The Hall–Kier alpha value is -0.440. The molecule has 0 aliphatic carbocycles. The van der Waals surface area contributed by atoms with E-state index in [1.54, 1.807) is 0 Å². The highest BCUT2D eigenvalue weighted by atomic mass is 14.2. The molecule has 2 atom stereocenters. The van der Waals surface area contributed by atoms with E-state index in [9.17, 15) is 0 Å². The molecule has 94 valence electrons. The predicted molar refractivity (Wildman–Crippen MR) is 74.3 cm³/mol. The van der Waals surface area contributed by atoms with Gasteiger partial charge < -0.3 is 0 Å². The summed E-state index contributed by atoms with van der Waals surface area (Å²) in [6.45, 7) is 11.2. The second kappa shape index (κ2) is 9.76. The normalized spacial score (nSPS) is 14.4. The maximum atomic E-state index is 3.40. The molecule has 0 aromatic rings. The molecule has 0 saturated carbocycles. The number of rotatable bonds is 8. The molecule has 0 aromatic carbocycles. The summed E-state index contributed by atoms with van der Waals surface area (Å²) in [5.74, 6) is 8.94. The standard InChI is InChI=1S/C16H30/c1-6-11-14(12-7-2)13-16(10-5)15(8-3)9-4/h14-16H,6,8-11,13H2,1-5H3. The molecule has 0 fully saturated rings. The Morgan fingerprint density at radius 2 is 1.44 bits per heavy atom. The number of hydrogen-bond donors (Lipinski definition) is 0. The van der Waals surface area contributed by atoms with E-state index in [0.717, 1.165) is 11.8 Å². The van der Waals surface area contributed by atoms with E-state index in [1.165, 1.54) is 38.5 Å². The molecule has 0 spiro atoms. The molecule has 0 aromatic heterocycles. The lowest BCUT2D eigenvalue weighted by atomic mass is 9.79. The average Bonchev–Trinajstić information content (AvgIpc) is 2.29. The van der Waals surface area contributed by atoms with Crippen molar-refractivity contribution in [2.45, 2.75) is 73.1 Å². The molecule has 0 aliphatic rings. The van der Waals surface area contributed by atoms with Gasteiger partial charge >= 0.3 is 0 Å². The van der Waals surface area contributed by atoms with E-state index < -0.39 is 0 Å². The Balaban J connectivity index is 4.38. The van der Waals surface area contributed by atoms with E-state index in [1.807, 2.05) is 6.92 Å². The van der Waals surface area contributed by atoms with Gasteiger partial charge in [0.25, 0.3) is 0 Å². The topological polar surface area (TPSA) is 0 Å². The average molecular weight is 222 g/mol. The van der Waals surface area contributed by atoms with Crippen molar-refractivity contribution < 1.29 is 0 Å². The molecule has 0 N–H and O–H groups in total. The molecule has 0 aliphatic heterocycles. The van der Waals surface area contributed by atoms with Crippen molar-refractivity contribution in [3.63, 3.8) is 0 Å². The van der Waals surface area contributed by atoms with Gasteiger partial charge in [-0.2, -0.15) is 0 Å². The van der Waals surface area contributed by atoms with Gasteiger partial charge in [0.1, 0.15) is 0 Å². The second-order valence-electron chi connectivity index (χ2n) is 4.86. The van der Waals surface area contributed by atoms with Gasteiger partial charge in [-0.25, -0.2) is 0 Å². The maximum absolute atomic E-state index is 3.40. The van der Waals surface area contributed by atoms with Crippen LogP contribution >= 0.6 is 0 Å². The van der Waals surface area contributed by atoms with Crippen LogP contribution in [0.25, 0.3) is 0 Å². The van der Waals surface area contributed by atoms with Gasteiger partial charge in [-0.1, -0.05) is 53.4 Å². The van der Waals surface area contributed by atoms with Crippen molar-refractivity contribution in [3.8, 4) is 11.8 Å². The predicted octanol–water partition coefficient (Wildman–Crippen LogP) is 5.28. The van der Waals surface area contributed by atoms with E-state index in [0.29, 0.717) is 5.92 Å². The zero-order chi connectivity index (χ0) is 12.4. The minimum absolute atomic E-state index is 0.639. The summed E-state index contributed by atoms with van der Waals surface area (Å²) in [7, 11) is 0. The van der Waals surface area contributed by atoms with Crippen LogP contribution in [0.1, 0.15) is 73.1 Å². The molecule has 0 amide bonds. The molecule has 0 heterocycles. The quantitative estimate of drug-likeness (QED) is 0.490. The highest BCUT2D eigenvalue weighted by Crippen LogP contribution is 2.30. The molecule has 0 radical (unpaired) electrons. The van der Waals surface area contributed by atoms with E-state index in [-0.39, 0.29) is 0 Å². The molecule has 0 rings (SSSR count). The smallest absolute Gasteiger partial charge is 0.0205 e. The van der Waals surface area contributed by atoms with Crippen molar-refractivity contribution in [3.05, 3.63) is 0 Å². The van der Waals surface area contributed by atoms with Crippen molar-refractivity contribution in [2.24, 2.45) is 17.8 Å². The lowest BCUT2D eigenvalue weighted by molar-refractivity contribution is 0.260. The Labute approximate surface area is 103 Å². The minimum Gasteiger partial charge on any atom is -0.106 e. The Morgan fingerprint density at radius 3 is 1.81 bits per heavy atom. The van der Waals surface area contributed by atoms with Crippen molar-refractivity contribution in [1.82, 2.24) is 0 Å². The van der Waals surface area contributed by atoms with Crippen LogP contribution in [-0.4, -0.2) is 0 Å². The molecule has 2 unspecified atom stereocenters. The van der Waals surface area contributed by atoms with Crippen LogP contribution in [0.4, 0.5) is 0 Å². The SMILES string of the molecule is CC#CC(CCC)CC(CC)C(CC)CC. The Bertz CT molecular complexity index is 202. The Kier molecular flexibility index (Phi) is 9.49. The molecule has 0 saturated heterocycles. The third-order valence-electron chi connectivity index (χ3n) is 3.81.